The highest BCUT2D eigenvalue weighted by molar-refractivity contribution is 5.97. The third kappa shape index (κ3) is 4.10. The number of aryl methyl sites for hydroxylation is 1. The fourth-order valence-corrected chi connectivity index (χ4v) is 3.15. The first-order valence-corrected chi connectivity index (χ1v) is 8.92. The number of carbonyl (C=O) groups is 2. The fraction of sp³-hybridized carbons (Fsp3) is 0.333. The standard InChI is InChI=1S/C21H23FN2O2/c1-14(2)24(13-15-6-9-18(22)10-7-15)21(26)17-8-11-19-16(12-17)4-3-5-20(25)23-19/h6-12,14H,3-5,13H2,1-2H3,(H,23,25). The maximum Gasteiger partial charge on any atom is 0.254 e. The molecule has 1 N–H and O–H groups in total. The second-order valence-corrected chi connectivity index (χ2v) is 6.93. The fourth-order valence-electron chi connectivity index (χ4n) is 3.15. The number of nitrogens with zero attached hydrogens (tertiary/aromatic N) is 1. The normalized spacial score (nSPS) is 13.8. The van der Waals surface area contributed by atoms with Gasteiger partial charge in [-0.25, -0.2) is 4.39 Å². The molecule has 0 bridgehead atoms. The average Bonchev–Trinajstić information content (AvgIpc) is 2.80. The lowest BCUT2D eigenvalue weighted by atomic mass is 10.0. The molecule has 0 saturated carbocycles. The van der Waals surface area contributed by atoms with Gasteiger partial charge in [-0.05, 0) is 68.1 Å². The number of carbonyl (C=O) groups excluding carboxylic acids is 2. The largest absolute Gasteiger partial charge is 0.332 e. The Bertz CT molecular complexity index is 815. The molecular formula is C21H23FN2O2. The zero-order valence-electron chi connectivity index (χ0n) is 15.1. The van der Waals surface area contributed by atoms with Crippen LogP contribution in [0.5, 0.6) is 0 Å². The Hall–Kier alpha value is -2.69. The van der Waals surface area contributed by atoms with Gasteiger partial charge in [0.2, 0.25) is 5.91 Å². The van der Waals surface area contributed by atoms with Gasteiger partial charge in [0, 0.05) is 30.3 Å². The summed E-state index contributed by atoms with van der Waals surface area (Å²) in [6.07, 6.45) is 2.05. The topological polar surface area (TPSA) is 49.4 Å². The van der Waals surface area contributed by atoms with E-state index < -0.39 is 0 Å². The van der Waals surface area contributed by atoms with Crippen LogP contribution in [0.2, 0.25) is 0 Å². The summed E-state index contributed by atoms with van der Waals surface area (Å²) in [6.45, 7) is 4.35. The molecule has 0 saturated heterocycles. The number of benzene rings is 2. The lowest BCUT2D eigenvalue weighted by molar-refractivity contribution is -0.116. The second kappa shape index (κ2) is 7.68. The smallest absolute Gasteiger partial charge is 0.254 e. The number of hydrogen-bond acceptors (Lipinski definition) is 2. The first-order valence-electron chi connectivity index (χ1n) is 8.92. The molecule has 0 unspecified atom stereocenters. The molecule has 136 valence electrons. The van der Waals surface area contributed by atoms with Crippen molar-refractivity contribution >= 4 is 17.5 Å². The Morgan fingerprint density at radius 1 is 1.15 bits per heavy atom. The van der Waals surface area contributed by atoms with Crippen LogP contribution in [0.15, 0.2) is 42.5 Å². The van der Waals surface area contributed by atoms with Crippen LogP contribution >= 0.6 is 0 Å². The molecule has 1 aliphatic heterocycles. The molecule has 4 nitrogen and oxygen atoms in total. The zero-order valence-corrected chi connectivity index (χ0v) is 15.1. The van der Waals surface area contributed by atoms with E-state index in [4.69, 9.17) is 0 Å². The minimum Gasteiger partial charge on any atom is -0.332 e. The molecule has 2 aromatic carbocycles. The van der Waals surface area contributed by atoms with Crippen molar-refractivity contribution in [2.45, 2.75) is 45.7 Å². The van der Waals surface area contributed by atoms with Gasteiger partial charge >= 0.3 is 0 Å². The number of nitrogens with one attached hydrogen (secondary N) is 1. The number of anilines is 1. The molecule has 26 heavy (non-hydrogen) atoms. The van der Waals surface area contributed by atoms with Crippen LogP contribution in [0.25, 0.3) is 0 Å². The van der Waals surface area contributed by atoms with Gasteiger partial charge in [-0.1, -0.05) is 12.1 Å². The first-order chi connectivity index (χ1) is 12.4. The minimum absolute atomic E-state index is 0.00562. The van der Waals surface area contributed by atoms with Crippen LogP contribution in [0.4, 0.5) is 10.1 Å². The Kier molecular flexibility index (Phi) is 5.35. The van der Waals surface area contributed by atoms with Crippen LogP contribution in [-0.4, -0.2) is 22.8 Å². The molecule has 3 rings (SSSR count). The molecule has 2 aromatic rings. The summed E-state index contributed by atoms with van der Waals surface area (Å²) in [5.74, 6) is -0.338. The molecule has 2 amide bonds. The van der Waals surface area contributed by atoms with Gasteiger partial charge in [-0.3, -0.25) is 9.59 Å². The lowest BCUT2D eigenvalue weighted by Crippen LogP contribution is -2.36. The van der Waals surface area contributed by atoms with Crippen molar-refractivity contribution < 1.29 is 14.0 Å². The molecule has 0 aliphatic carbocycles. The highest BCUT2D eigenvalue weighted by Crippen LogP contribution is 2.24. The predicted molar refractivity (Wildman–Crippen MR) is 99.4 cm³/mol. The number of halogens is 1. The SMILES string of the molecule is CC(C)N(Cc1ccc(F)cc1)C(=O)c1ccc2c(c1)CCCC(=O)N2. The van der Waals surface area contributed by atoms with Crippen LogP contribution in [0, 0.1) is 5.82 Å². The second-order valence-electron chi connectivity index (χ2n) is 6.93. The van der Waals surface area contributed by atoms with Gasteiger partial charge in [0.25, 0.3) is 5.91 Å². The van der Waals surface area contributed by atoms with Gasteiger partial charge in [-0.15, -0.1) is 0 Å². The van der Waals surface area contributed by atoms with Crippen LogP contribution in [0.3, 0.4) is 0 Å². The van der Waals surface area contributed by atoms with E-state index in [2.05, 4.69) is 5.32 Å². The van der Waals surface area contributed by atoms with Crippen molar-refractivity contribution in [2.75, 3.05) is 5.32 Å². The maximum absolute atomic E-state index is 13.1. The monoisotopic (exact) mass is 354 g/mol. The Morgan fingerprint density at radius 3 is 2.58 bits per heavy atom. The molecule has 0 aromatic heterocycles. The molecule has 1 aliphatic rings. The summed E-state index contributed by atoms with van der Waals surface area (Å²) in [5, 5.41) is 2.89. The van der Waals surface area contributed by atoms with E-state index in [1.807, 2.05) is 26.0 Å². The molecule has 0 spiro atoms. The molecule has 0 fully saturated rings. The van der Waals surface area contributed by atoms with E-state index in [-0.39, 0.29) is 23.7 Å². The van der Waals surface area contributed by atoms with Gasteiger partial charge in [0.1, 0.15) is 5.82 Å². The molecule has 1 heterocycles. The summed E-state index contributed by atoms with van der Waals surface area (Å²) < 4.78 is 13.1. The summed E-state index contributed by atoms with van der Waals surface area (Å²) in [4.78, 5) is 26.5. The summed E-state index contributed by atoms with van der Waals surface area (Å²) in [5.41, 5.74) is 3.28. The van der Waals surface area contributed by atoms with E-state index in [0.29, 0.717) is 18.5 Å². The molecule has 0 radical (unpaired) electrons. The third-order valence-corrected chi connectivity index (χ3v) is 4.63. The van der Waals surface area contributed by atoms with Crippen molar-refractivity contribution in [1.82, 2.24) is 4.90 Å². The van der Waals surface area contributed by atoms with Crippen molar-refractivity contribution in [3.05, 3.63) is 65.0 Å². The number of amides is 2. The summed E-state index contributed by atoms with van der Waals surface area (Å²) >= 11 is 0. The Balaban J connectivity index is 1.84. The van der Waals surface area contributed by atoms with Gasteiger partial charge in [0.15, 0.2) is 0 Å². The molecule has 5 heteroatoms. The third-order valence-electron chi connectivity index (χ3n) is 4.63. The number of fused-ring (bicyclic) bond motifs is 1. The Labute approximate surface area is 153 Å². The quantitative estimate of drug-likeness (QED) is 0.897. The molecular weight excluding hydrogens is 331 g/mol. The predicted octanol–water partition coefficient (Wildman–Crippen LogP) is 4.15. The summed E-state index contributed by atoms with van der Waals surface area (Å²) in [7, 11) is 0. The van der Waals surface area contributed by atoms with E-state index in [0.717, 1.165) is 29.7 Å². The van der Waals surface area contributed by atoms with Crippen molar-refractivity contribution in [3.8, 4) is 0 Å². The van der Waals surface area contributed by atoms with Crippen molar-refractivity contribution in [1.29, 1.82) is 0 Å². The molecule has 0 atom stereocenters. The zero-order chi connectivity index (χ0) is 18.7. The van der Waals surface area contributed by atoms with Crippen molar-refractivity contribution in [3.63, 3.8) is 0 Å². The van der Waals surface area contributed by atoms with Crippen LogP contribution in [-0.2, 0) is 17.8 Å². The van der Waals surface area contributed by atoms with Gasteiger partial charge < -0.3 is 10.2 Å². The van der Waals surface area contributed by atoms with E-state index >= 15 is 0 Å². The lowest BCUT2D eigenvalue weighted by Gasteiger charge is -2.27. The van der Waals surface area contributed by atoms with E-state index in [1.165, 1.54) is 12.1 Å². The van der Waals surface area contributed by atoms with Crippen molar-refractivity contribution in [2.24, 2.45) is 0 Å². The highest BCUT2D eigenvalue weighted by Gasteiger charge is 2.21. The summed E-state index contributed by atoms with van der Waals surface area (Å²) in [6, 6.07) is 11.7. The minimum atomic E-state index is -0.288. The van der Waals surface area contributed by atoms with E-state index in [1.54, 1.807) is 23.1 Å². The highest BCUT2D eigenvalue weighted by atomic mass is 19.1. The van der Waals surface area contributed by atoms with Gasteiger partial charge in [0.05, 0.1) is 0 Å². The number of rotatable bonds is 4. The Morgan fingerprint density at radius 2 is 1.88 bits per heavy atom. The number of hydrogen-bond donors (Lipinski definition) is 1. The average molecular weight is 354 g/mol. The van der Waals surface area contributed by atoms with Gasteiger partial charge in [-0.2, -0.15) is 0 Å². The maximum atomic E-state index is 13.1. The van der Waals surface area contributed by atoms with Crippen LogP contribution in [0.1, 0.15) is 48.2 Å². The van der Waals surface area contributed by atoms with Crippen LogP contribution < -0.4 is 5.32 Å². The van der Waals surface area contributed by atoms with E-state index in [9.17, 15) is 14.0 Å². The first kappa shape index (κ1) is 18.1.